The van der Waals surface area contributed by atoms with Crippen molar-refractivity contribution in [3.63, 3.8) is 0 Å². The molecule has 2 aromatic heterocycles. The van der Waals surface area contributed by atoms with Crippen LogP contribution in [-0.2, 0) is 0 Å². The standard InChI is InChI=1S/C12H11N3O2/c1-2-3-7-13-11-10(12(16)17)15-8-5-4-6-9(15)14-11/h4-6,8,13H,7H2,1H3,(H,16,17). The van der Waals surface area contributed by atoms with Crippen LogP contribution in [0.2, 0.25) is 0 Å². The first-order valence-electron chi connectivity index (χ1n) is 5.08. The van der Waals surface area contributed by atoms with Crippen LogP contribution in [0.4, 0.5) is 5.82 Å². The topological polar surface area (TPSA) is 66.6 Å². The van der Waals surface area contributed by atoms with Crippen LogP contribution in [0, 0.1) is 11.8 Å². The number of carbonyl (C=O) groups is 1. The summed E-state index contributed by atoms with van der Waals surface area (Å²) in [6, 6.07) is 5.32. The molecule has 17 heavy (non-hydrogen) atoms. The van der Waals surface area contributed by atoms with E-state index < -0.39 is 5.97 Å². The predicted octanol–water partition coefficient (Wildman–Crippen LogP) is 1.47. The van der Waals surface area contributed by atoms with Crippen molar-refractivity contribution < 1.29 is 9.90 Å². The third-order valence-electron chi connectivity index (χ3n) is 2.25. The maximum absolute atomic E-state index is 11.2. The maximum atomic E-state index is 11.2. The average Bonchev–Trinajstić information content (AvgIpc) is 2.67. The van der Waals surface area contributed by atoms with Gasteiger partial charge in [0.1, 0.15) is 5.65 Å². The fraction of sp³-hybridized carbons (Fsp3) is 0.167. The molecule has 0 amide bonds. The van der Waals surface area contributed by atoms with Gasteiger partial charge in [0, 0.05) is 6.20 Å². The van der Waals surface area contributed by atoms with E-state index in [0.717, 1.165) is 0 Å². The summed E-state index contributed by atoms with van der Waals surface area (Å²) in [7, 11) is 0. The minimum Gasteiger partial charge on any atom is -0.476 e. The first-order valence-corrected chi connectivity index (χ1v) is 5.08. The molecule has 0 aliphatic heterocycles. The van der Waals surface area contributed by atoms with E-state index in [0.29, 0.717) is 18.0 Å². The molecule has 0 radical (unpaired) electrons. The highest BCUT2D eigenvalue weighted by Crippen LogP contribution is 2.17. The highest BCUT2D eigenvalue weighted by Gasteiger charge is 2.17. The molecule has 86 valence electrons. The largest absolute Gasteiger partial charge is 0.476 e. The molecule has 0 aliphatic rings. The molecule has 0 unspecified atom stereocenters. The number of aromatic nitrogens is 2. The zero-order chi connectivity index (χ0) is 12.3. The van der Waals surface area contributed by atoms with Crippen molar-refractivity contribution in [1.82, 2.24) is 9.38 Å². The van der Waals surface area contributed by atoms with E-state index in [9.17, 15) is 9.90 Å². The van der Waals surface area contributed by atoms with Crippen LogP contribution in [0.25, 0.3) is 5.65 Å². The second-order valence-electron chi connectivity index (χ2n) is 3.32. The summed E-state index contributed by atoms with van der Waals surface area (Å²) < 4.78 is 1.53. The minimum absolute atomic E-state index is 0.124. The van der Waals surface area contributed by atoms with Gasteiger partial charge in [0.15, 0.2) is 11.5 Å². The number of nitrogens with one attached hydrogen (secondary N) is 1. The lowest BCUT2D eigenvalue weighted by atomic mass is 10.4. The second kappa shape index (κ2) is 4.58. The van der Waals surface area contributed by atoms with Gasteiger partial charge in [0.25, 0.3) is 0 Å². The molecule has 2 heterocycles. The monoisotopic (exact) mass is 229 g/mol. The summed E-state index contributed by atoms with van der Waals surface area (Å²) in [5.41, 5.74) is 0.718. The van der Waals surface area contributed by atoms with Crippen LogP contribution in [0.1, 0.15) is 17.4 Å². The van der Waals surface area contributed by atoms with Gasteiger partial charge in [-0.3, -0.25) is 4.40 Å². The van der Waals surface area contributed by atoms with Gasteiger partial charge in [-0.1, -0.05) is 12.0 Å². The molecule has 0 aliphatic carbocycles. The molecule has 2 N–H and O–H groups in total. The van der Waals surface area contributed by atoms with Crippen molar-refractivity contribution in [3.8, 4) is 11.8 Å². The highest BCUT2D eigenvalue weighted by molar-refractivity contribution is 5.93. The van der Waals surface area contributed by atoms with Crippen molar-refractivity contribution in [2.75, 3.05) is 11.9 Å². The Hall–Kier alpha value is -2.48. The molecular formula is C12H11N3O2. The molecule has 0 fully saturated rings. The molecule has 0 aromatic carbocycles. The number of carboxylic acid groups (broad SMARTS) is 1. The average molecular weight is 229 g/mol. The van der Waals surface area contributed by atoms with Gasteiger partial charge in [-0.05, 0) is 19.1 Å². The van der Waals surface area contributed by atoms with Gasteiger partial charge in [-0.15, -0.1) is 5.92 Å². The van der Waals surface area contributed by atoms with Crippen LogP contribution < -0.4 is 5.32 Å². The van der Waals surface area contributed by atoms with Gasteiger partial charge in [0.05, 0.1) is 6.54 Å². The van der Waals surface area contributed by atoms with Crippen LogP contribution in [0.5, 0.6) is 0 Å². The fourth-order valence-corrected chi connectivity index (χ4v) is 1.54. The molecule has 0 atom stereocenters. The Bertz CT molecular complexity index is 619. The van der Waals surface area contributed by atoms with Gasteiger partial charge < -0.3 is 10.4 Å². The number of aromatic carboxylic acids is 1. The molecule has 5 heteroatoms. The number of anilines is 1. The summed E-state index contributed by atoms with van der Waals surface area (Å²) in [6.07, 6.45) is 1.67. The summed E-state index contributed by atoms with van der Waals surface area (Å²) in [5.74, 6) is 4.85. The number of carboxylic acids is 1. The molecule has 0 bridgehead atoms. The Morgan fingerprint density at radius 1 is 1.59 bits per heavy atom. The van der Waals surface area contributed by atoms with E-state index in [-0.39, 0.29) is 5.69 Å². The van der Waals surface area contributed by atoms with Crippen molar-refractivity contribution >= 4 is 17.4 Å². The van der Waals surface area contributed by atoms with Gasteiger partial charge in [-0.25, -0.2) is 9.78 Å². The quantitative estimate of drug-likeness (QED) is 0.782. The van der Waals surface area contributed by atoms with Gasteiger partial charge >= 0.3 is 5.97 Å². The smallest absolute Gasteiger partial charge is 0.356 e. The minimum atomic E-state index is -1.02. The number of hydrogen-bond acceptors (Lipinski definition) is 3. The molecule has 2 rings (SSSR count). The molecular weight excluding hydrogens is 218 g/mol. The zero-order valence-corrected chi connectivity index (χ0v) is 9.27. The molecule has 2 aromatic rings. The van der Waals surface area contributed by atoms with Crippen molar-refractivity contribution in [3.05, 3.63) is 30.1 Å². The van der Waals surface area contributed by atoms with E-state index in [1.807, 2.05) is 6.07 Å². The Morgan fingerprint density at radius 3 is 3.12 bits per heavy atom. The summed E-state index contributed by atoms with van der Waals surface area (Å²) in [5, 5.41) is 12.1. The van der Waals surface area contributed by atoms with Crippen molar-refractivity contribution in [2.45, 2.75) is 6.92 Å². The SMILES string of the molecule is CC#CCNc1nc2ccccn2c1C(=O)O. The lowest BCUT2D eigenvalue weighted by Crippen LogP contribution is -2.08. The fourth-order valence-electron chi connectivity index (χ4n) is 1.54. The van der Waals surface area contributed by atoms with Crippen LogP contribution in [-0.4, -0.2) is 27.0 Å². The molecule has 0 saturated carbocycles. The summed E-state index contributed by atoms with van der Waals surface area (Å²) in [6.45, 7) is 2.10. The Balaban J connectivity index is 2.48. The second-order valence-corrected chi connectivity index (χ2v) is 3.32. The zero-order valence-electron chi connectivity index (χ0n) is 9.27. The highest BCUT2D eigenvalue weighted by atomic mass is 16.4. The van der Waals surface area contributed by atoms with E-state index in [1.54, 1.807) is 25.3 Å². The third kappa shape index (κ3) is 2.06. The Labute approximate surface area is 98.1 Å². The maximum Gasteiger partial charge on any atom is 0.356 e. The van der Waals surface area contributed by atoms with E-state index in [2.05, 4.69) is 22.1 Å². The molecule has 0 saturated heterocycles. The Kier molecular flexibility index (Phi) is 2.97. The van der Waals surface area contributed by atoms with Gasteiger partial charge in [-0.2, -0.15) is 0 Å². The summed E-state index contributed by atoms with van der Waals surface area (Å²) in [4.78, 5) is 15.4. The number of nitrogens with zero attached hydrogens (tertiary/aromatic N) is 2. The molecule has 0 spiro atoms. The number of hydrogen-bond donors (Lipinski definition) is 2. The van der Waals surface area contributed by atoms with Crippen molar-refractivity contribution in [1.29, 1.82) is 0 Å². The Morgan fingerprint density at radius 2 is 2.41 bits per heavy atom. The van der Waals surface area contributed by atoms with E-state index in [4.69, 9.17) is 0 Å². The van der Waals surface area contributed by atoms with Crippen LogP contribution in [0.15, 0.2) is 24.4 Å². The number of pyridine rings is 1. The molecule has 5 nitrogen and oxygen atoms in total. The number of fused-ring (bicyclic) bond motifs is 1. The lowest BCUT2D eigenvalue weighted by molar-refractivity contribution is 0.0690. The van der Waals surface area contributed by atoms with Crippen LogP contribution in [0.3, 0.4) is 0 Å². The normalized spacial score (nSPS) is 9.71. The predicted molar refractivity (Wildman–Crippen MR) is 64.1 cm³/mol. The first kappa shape index (κ1) is 11.0. The van der Waals surface area contributed by atoms with E-state index >= 15 is 0 Å². The lowest BCUT2D eigenvalue weighted by Gasteiger charge is -1.99. The first-order chi connectivity index (χ1) is 8.24. The number of rotatable bonds is 3. The third-order valence-corrected chi connectivity index (χ3v) is 2.25. The number of imidazole rings is 1. The summed E-state index contributed by atoms with van der Waals surface area (Å²) >= 11 is 0. The van der Waals surface area contributed by atoms with Crippen LogP contribution >= 0.6 is 0 Å². The van der Waals surface area contributed by atoms with E-state index in [1.165, 1.54) is 4.40 Å². The van der Waals surface area contributed by atoms with Crippen molar-refractivity contribution in [2.24, 2.45) is 0 Å². The van der Waals surface area contributed by atoms with Gasteiger partial charge in [0.2, 0.25) is 0 Å².